The van der Waals surface area contributed by atoms with Crippen LogP contribution in [0.15, 0.2) is 0 Å². The second-order valence-electron chi connectivity index (χ2n) is 5.66. The SMILES string of the molecule is CC1(C)[C@H](C[Si](C)(C)C)C1(Br)Br. The third-order valence-electron chi connectivity index (χ3n) is 2.90. The lowest BCUT2D eigenvalue weighted by molar-refractivity contribution is 0.582. The summed E-state index contributed by atoms with van der Waals surface area (Å²) >= 11 is 7.53. The highest BCUT2D eigenvalue weighted by Crippen LogP contribution is 2.73. The molecule has 3 heteroatoms. The first-order valence-corrected chi connectivity index (χ1v) is 9.76. The van der Waals surface area contributed by atoms with Crippen molar-refractivity contribution >= 4 is 39.9 Å². The lowest BCUT2D eigenvalue weighted by Gasteiger charge is -2.16. The van der Waals surface area contributed by atoms with Gasteiger partial charge in [0.05, 0.1) is 3.23 Å². The summed E-state index contributed by atoms with van der Waals surface area (Å²) in [4.78, 5) is 0. The minimum atomic E-state index is -0.895. The maximum absolute atomic E-state index is 3.77. The molecule has 1 fully saturated rings. The normalized spacial score (nSPS) is 31.8. The molecule has 1 aliphatic carbocycles. The van der Waals surface area contributed by atoms with Crippen LogP contribution in [0.3, 0.4) is 0 Å². The van der Waals surface area contributed by atoms with Gasteiger partial charge in [0.1, 0.15) is 0 Å². The van der Waals surface area contributed by atoms with Gasteiger partial charge in [0.25, 0.3) is 0 Å². The van der Waals surface area contributed by atoms with E-state index >= 15 is 0 Å². The molecule has 0 aromatic rings. The molecule has 0 spiro atoms. The molecule has 1 saturated carbocycles. The average Bonchev–Trinajstić information content (AvgIpc) is 2.09. The zero-order valence-corrected chi connectivity index (χ0v) is 12.7. The first kappa shape index (κ1) is 11.3. The summed E-state index contributed by atoms with van der Waals surface area (Å²) in [6.07, 6.45) is 0. The van der Waals surface area contributed by atoms with Gasteiger partial charge in [-0.1, -0.05) is 71.4 Å². The van der Waals surface area contributed by atoms with E-state index in [1.807, 2.05) is 0 Å². The quantitative estimate of drug-likeness (QED) is 0.521. The van der Waals surface area contributed by atoms with Gasteiger partial charge in [-0.25, -0.2) is 0 Å². The molecule has 0 aromatic heterocycles. The van der Waals surface area contributed by atoms with E-state index < -0.39 is 8.07 Å². The largest absolute Gasteiger partial charge is 0.0890 e. The van der Waals surface area contributed by atoms with Gasteiger partial charge < -0.3 is 0 Å². The Morgan fingerprint density at radius 3 is 1.58 bits per heavy atom. The van der Waals surface area contributed by atoms with E-state index in [4.69, 9.17) is 0 Å². The van der Waals surface area contributed by atoms with E-state index in [0.29, 0.717) is 5.41 Å². The third kappa shape index (κ3) is 1.83. The van der Waals surface area contributed by atoms with Gasteiger partial charge in [0, 0.05) is 8.07 Å². The van der Waals surface area contributed by atoms with Gasteiger partial charge in [0.15, 0.2) is 0 Å². The van der Waals surface area contributed by atoms with E-state index in [1.165, 1.54) is 6.04 Å². The highest BCUT2D eigenvalue weighted by molar-refractivity contribution is 9.25. The predicted octanol–water partition coefficient (Wildman–Crippen LogP) is 4.47. The van der Waals surface area contributed by atoms with Crippen LogP contribution in [0.4, 0.5) is 0 Å². The van der Waals surface area contributed by atoms with Crippen LogP contribution >= 0.6 is 31.9 Å². The highest BCUT2D eigenvalue weighted by atomic mass is 79.9. The Bertz CT molecular complexity index is 177. The Morgan fingerprint density at radius 1 is 1.17 bits per heavy atom. The molecule has 1 rings (SSSR count). The van der Waals surface area contributed by atoms with E-state index in [0.717, 1.165) is 5.92 Å². The van der Waals surface area contributed by atoms with Gasteiger partial charge in [-0.05, 0) is 11.3 Å². The van der Waals surface area contributed by atoms with Crippen LogP contribution in [0.1, 0.15) is 13.8 Å². The number of hydrogen-bond donors (Lipinski definition) is 0. The summed E-state index contributed by atoms with van der Waals surface area (Å²) in [5, 5.41) is 0. The van der Waals surface area contributed by atoms with Crippen LogP contribution < -0.4 is 0 Å². The van der Waals surface area contributed by atoms with Crippen molar-refractivity contribution in [3.05, 3.63) is 0 Å². The summed E-state index contributed by atoms with van der Waals surface area (Å²) in [7, 11) is -0.895. The number of alkyl halides is 2. The Hall–Kier alpha value is 1.18. The van der Waals surface area contributed by atoms with Crippen molar-refractivity contribution < 1.29 is 0 Å². The van der Waals surface area contributed by atoms with E-state index in [1.54, 1.807) is 0 Å². The van der Waals surface area contributed by atoms with Crippen LogP contribution in [0.25, 0.3) is 0 Å². The van der Waals surface area contributed by atoms with Gasteiger partial charge in [-0.3, -0.25) is 0 Å². The molecule has 0 bridgehead atoms. The number of rotatable bonds is 2. The van der Waals surface area contributed by atoms with Crippen molar-refractivity contribution in [2.45, 2.75) is 42.8 Å². The molecule has 0 saturated heterocycles. The minimum Gasteiger partial charge on any atom is -0.0718 e. The molecule has 0 nitrogen and oxygen atoms in total. The van der Waals surface area contributed by atoms with Crippen molar-refractivity contribution in [3.8, 4) is 0 Å². The fourth-order valence-corrected chi connectivity index (χ4v) is 6.18. The number of halogens is 2. The molecule has 0 N–H and O–H groups in total. The predicted molar refractivity (Wildman–Crippen MR) is 66.0 cm³/mol. The van der Waals surface area contributed by atoms with E-state index in [-0.39, 0.29) is 3.23 Å². The molecular weight excluding hydrogens is 296 g/mol. The maximum atomic E-state index is 3.77. The molecule has 0 amide bonds. The van der Waals surface area contributed by atoms with Gasteiger partial charge in [-0.2, -0.15) is 0 Å². The minimum absolute atomic E-state index is 0.229. The van der Waals surface area contributed by atoms with Crippen LogP contribution in [-0.2, 0) is 0 Å². The Balaban J connectivity index is 2.61. The molecule has 0 aromatic carbocycles. The standard InChI is InChI=1S/C9H18Br2Si/c1-8(2)7(9(8,10)11)6-12(3,4)5/h7H,6H2,1-5H3/t7-/m0/s1. The lowest BCUT2D eigenvalue weighted by Crippen LogP contribution is -2.21. The first-order chi connectivity index (χ1) is 5.09. The molecule has 1 atom stereocenters. The summed E-state index contributed by atoms with van der Waals surface area (Å²) < 4.78 is 0.229. The molecule has 0 aliphatic heterocycles. The monoisotopic (exact) mass is 312 g/mol. The topological polar surface area (TPSA) is 0 Å². The summed E-state index contributed by atoms with van der Waals surface area (Å²) in [6.45, 7) is 12.0. The van der Waals surface area contributed by atoms with Gasteiger partial charge in [0.2, 0.25) is 0 Å². The fraction of sp³-hybridized carbons (Fsp3) is 1.00. The van der Waals surface area contributed by atoms with Gasteiger partial charge in [-0.15, -0.1) is 0 Å². The fourth-order valence-electron chi connectivity index (χ4n) is 1.75. The molecule has 0 unspecified atom stereocenters. The van der Waals surface area contributed by atoms with Crippen molar-refractivity contribution in [1.82, 2.24) is 0 Å². The molecule has 12 heavy (non-hydrogen) atoms. The van der Waals surface area contributed by atoms with Gasteiger partial charge >= 0.3 is 0 Å². The van der Waals surface area contributed by atoms with Crippen LogP contribution in [0.5, 0.6) is 0 Å². The first-order valence-electron chi connectivity index (χ1n) is 4.47. The third-order valence-corrected chi connectivity index (χ3v) is 7.68. The van der Waals surface area contributed by atoms with Crippen molar-refractivity contribution in [2.24, 2.45) is 11.3 Å². The van der Waals surface area contributed by atoms with Crippen LogP contribution in [0, 0.1) is 11.3 Å². The second-order valence-corrected chi connectivity index (χ2v) is 14.8. The molecule has 72 valence electrons. The van der Waals surface area contributed by atoms with Crippen molar-refractivity contribution in [2.75, 3.05) is 0 Å². The molecular formula is C9H18Br2Si. The molecule has 1 aliphatic rings. The molecule has 0 radical (unpaired) electrons. The summed E-state index contributed by atoms with van der Waals surface area (Å²) in [6, 6.07) is 1.41. The van der Waals surface area contributed by atoms with E-state index in [2.05, 4.69) is 65.3 Å². The highest BCUT2D eigenvalue weighted by Gasteiger charge is 2.68. The average molecular weight is 314 g/mol. The van der Waals surface area contributed by atoms with E-state index in [9.17, 15) is 0 Å². The van der Waals surface area contributed by atoms with Crippen LogP contribution in [-0.4, -0.2) is 11.3 Å². The second kappa shape index (κ2) is 2.83. The summed E-state index contributed by atoms with van der Waals surface area (Å²) in [5.41, 5.74) is 0.438. The van der Waals surface area contributed by atoms with Crippen LogP contribution in [0.2, 0.25) is 25.7 Å². The zero-order valence-electron chi connectivity index (χ0n) is 8.54. The number of hydrogen-bond acceptors (Lipinski definition) is 0. The Morgan fingerprint density at radius 2 is 1.50 bits per heavy atom. The summed E-state index contributed by atoms with van der Waals surface area (Å²) in [5.74, 6) is 0.816. The smallest absolute Gasteiger partial charge is 0.0718 e. The maximum Gasteiger partial charge on any atom is 0.0890 e. The lowest BCUT2D eigenvalue weighted by atomic mass is 10.1. The zero-order chi connectivity index (χ0) is 9.78. The van der Waals surface area contributed by atoms with Crippen molar-refractivity contribution in [3.63, 3.8) is 0 Å². The Kier molecular flexibility index (Phi) is 2.66. The Labute approximate surface area is 93.8 Å². The molecule has 0 heterocycles. The van der Waals surface area contributed by atoms with Crippen molar-refractivity contribution in [1.29, 1.82) is 0 Å².